The molecule has 5 heterocycles. The first-order valence-corrected chi connectivity index (χ1v) is 9.70. The lowest BCUT2D eigenvalue weighted by Gasteiger charge is -2.28. The molecule has 5 rings (SSSR count). The van der Waals surface area contributed by atoms with Crippen molar-refractivity contribution in [3.05, 3.63) is 53.5 Å². The molecule has 0 N–H and O–H groups in total. The highest BCUT2D eigenvalue weighted by molar-refractivity contribution is 9.10. The summed E-state index contributed by atoms with van der Waals surface area (Å²) in [6.07, 6.45) is 7.14. The fourth-order valence-corrected chi connectivity index (χ4v) is 3.50. The fraction of sp³-hybridized carbons (Fsp3) is 0.211. The molecule has 1 aliphatic rings. The molecule has 1 fully saturated rings. The van der Waals surface area contributed by atoms with Gasteiger partial charge in [0.05, 0.1) is 24.4 Å². The molecule has 28 heavy (non-hydrogen) atoms. The third-order valence-electron chi connectivity index (χ3n) is 4.55. The Balaban J connectivity index is 1.62. The maximum Gasteiger partial charge on any atom is 0.253 e. The summed E-state index contributed by atoms with van der Waals surface area (Å²) in [4.78, 5) is 20.3. The number of fused-ring (bicyclic) bond motifs is 1. The van der Waals surface area contributed by atoms with Crippen molar-refractivity contribution in [2.24, 2.45) is 0 Å². The van der Waals surface area contributed by atoms with Gasteiger partial charge in [0, 0.05) is 47.9 Å². The molecule has 1 aliphatic heterocycles. The number of halogens is 1. The number of pyridine rings is 2. The smallest absolute Gasteiger partial charge is 0.253 e. The molecule has 140 valence electrons. The van der Waals surface area contributed by atoms with E-state index in [0.29, 0.717) is 19.2 Å². The highest BCUT2D eigenvalue weighted by Gasteiger charge is 2.19. The quantitative estimate of drug-likeness (QED) is 0.487. The normalized spacial score (nSPS) is 14.5. The molecule has 0 aromatic carbocycles. The van der Waals surface area contributed by atoms with Gasteiger partial charge in [-0.3, -0.25) is 4.98 Å². The molecule has 4 aromatic heterocycles. The van der Waals surface area contributed by atoms with Crippen LogP contribution in [0.5, 0.6) is 0 Å². The monoisotopic (exact) mass is 437 g/mol. The second-order valence-corrected chi connectivity index (χ2v) is 7.27. The number of nitrogens with zero attached hydrogens (tertiary/aromatic N) is 7. The average molecular weight is 438 g/mol. The van der Waals surface area contributed by atoms with E-state index in [0.717, 1.165) is 45.7 Å². The molecular formula is C19H16BrN7O. The maximum atomic E-state index is 5.48. The summed E-state index contributed by atoms with van der Waals surface area (Å²) in [7, 11) is 0. The van der Waals surface area contributed by atoms with Crippen molar-refractivity contribution in [1.29, 1.82) is 0 Å². The number of rotatable bonds is 3. The Bertz CT molecular complexity index is 1130. The van der Waals surface area contributed by atoms with E-state index in [2.05, 4.69) is 35.9 Å². The van der Waals surface area contributed by atoms with Crippen molar-refractivity contribution >= 4 is 32.8 Å². The van der Waals surface area contributed by atoms with E-state index in [1.165, 1.54) is 0 Å². The third kappa shape index (κ3) is 3.23. The van der Waals surface area contributed by atoms with E-state index >= 15 is 0 Å². The van der Waals surface area contributed by atoms with Gasteiger partial charge in [-0.15, -0.1) is 0 Å². The van der Waals surface area contributed by atoms with Crippen LogP contribution in [0.25, 0.3) is 28.2 Å². The second-order valence-electron chi connectivity index (χ2n) is 6.35. The first-order valence-electron chi connectivity index (χ1n) is 8.90. The molecule has 1 saturated heterocycles. The van der Waals surface area contributed by atoms with Crippen LogP contribution in [0.2, 0.25) is 0 Å². The van der Waals surface area contributed by atoms with Gasteiger partial charge in [-0.2, -0.15) is 10.1 Å². The lowest BCUT2D eigenvalue weighted by molar-refractivity contribution is 0.122. The molecule has 0 atom stereocenters. The average Bonchev–Trinajstić information content (AvgIpc) is 3.24. The summed E-state index contributed by atoms with van der Waals surface area (Å²) in [5, 5.41) is 4.65. The summed E-state index contributed by atoms with van der Waals surface area (Å²) in [6, 6.07) is 7.74. The van der Waals surface area contributed by atoms with E-state index in [-0.39, 0.29) is 0 Å². The highest BCUT2D eigenvalue weighted by atomic mass is 79.9. The van der Waals surface area contributed by atoms with Crippen LogP contribution in [-0.2, 0) is 4.74 Å². The summed E-state index contributed by atoms with van der Waals surface area (Å²) in [5.41, 5.74) is 3.37. The molecule has 0 bridgehead atoms. The molecule has 0 saturated carbocycles. The minimum atomic E-state index is 0.509. The van der Waals surface area contributed by atoms with Crippen molar-refractivity contribution < 1.29 is 4.74 Å². The summed E-state index contributed by atoms with van der Waals surface area (Å²) in [6.45, 7) is 2.88. The molecule has 0 amide bonds. The van der Waals surface area contributed by atoms with Gasteiger partial charge in [-0.1, -0.05) is 0 Å². The molecule has 0 aliphatic carbocycles. The van der Waals surface area contributed by atoms with Crippen LogP contribution in [0.4, 0.5) is 5.82 Å². The van der Waals surface area contributed by atoms with Gasteiger partial charge in [0.1, 0.15) is 5.52 Å². The summed E-state index contributed by atoms with van der Waals surface area (Å²) >= 11 is 3.48. The topological polar surface area (TPSA) is 81.9 Å². The van der Waals surface area contributed by atoms with Crippen molar-refractivity contribution in [3.8, 4) is 17.2 Å². The van der Waals surface area contributed by atoms with E-state index in [9.17, 15) is 0 Å². The molecular weight excluding hydrogens is 422 g/mol. The van der Waals surface area contributed by atoms with E-state index in [1.54, 1.807) is 23.3 Å². The predicted octanol–water partition coefficient (Wildman–Crippen LogP) is 2.87. The van der Waals surface area contributed by atoms with Gasteiger partial charge in [-0.25, -0.2) is 14.6 Å². The zero-order valence-corrected chi connectivity index (χ0v) is 16.4. The molecule has 0 unspecified atom stereocenters. The van der Waals surface area contributed by atoms with Crippen molar-refractivity contribution in [1.82, 2.24) is 29.7 Å². The van der Waals surface area contributed by atoms with Crippen LogP contribution in [0.3, 0.4) is 0 Å². The van der Waals surface area contributed by atoms with Crippen LogP contribution in [0.1, 0.15) is 0 Å². The summed E-state index contributed by atoms with van der Waals surface area (Å²) < 4.78 is 8.05. The van der Waals surface area contributed by atoms with Gasteiger partial charge >= 0.3 is 0 Å². The number of hydrogen-bond acceptors (Lipinski definition) is 7. The molecule has 0 radical (unpaired) electrons. The third-order valence-corrected chi connectivity index (χ3v) is 4.99. The largest absolute Gasteiger partial charge is 0.378 e. The first kappa shape index (κ1) is 17.2. The zero-order valence-electron chi connectivity index (χ0n) is 14.9. The van der Waals surface area contributed by atoms with Crippen molar-refractivity contribution in [2.45, 2.75) is 0 Å². The number of anilines is 1. The Hall–Kier alpha value is -2.91. The SMILES string of the molecule is Brc1cnc2c(N3CCOCC3)nc(-n3ccc(-c4ccncc4)n3)nc2c1. The predicted molar refractivity (Wildman–Crippen MR) is 108 cm³/mol. The Morgan fingerprint density at radius 3 is 2.68 bits per heavy atom. The van der Waals surface area contributed by atoms with Crippen LogP contribution < -0.4 is 4.90 Å². The lowest BCUT2D eigenvalue weighted by Crippen LogP contribution is -2.37. The minimum Gasteiger partial charge on any atom is -0.378 e. The maximum absolute atomic E-state index is 5.48. The van der Waals surface area contributed by atoms with Gasteiger partial charge < -0.3 is 9.64 Å². The van der Waals surface area contributed by atoms with E-state index in [4.69, 9.17) is 14.7 Å². The molecule has 0 spiro atoms. The number of hydrogen-bond donors (Lipinski definition) is 0. The standard InChI is InChI=1S/C19H16BrN7O/c20-14-11-16-17(22-12-14)18(26-7-9-28-10-8-26)24-19(23-16)27-6-3-15(25-27)13-1-4-21-5-2-13/h1-6,11-12H,7-10H2. The van der Waals surface area contributed by atoms with Gasteiger partial charge in [0.2, 0.25) is 0 Å². The van der Waals surface area contributed by atoms with Gasteiger partial charge in [0.15, 0.2) is 5.82 Å². The zero-order chi connectivity index (χ0) is 18.9. The Labute approximate surface area is 169 Å². The Morgan fingerprint density at radius 2 is 1.86 bits per heavy atom. The Morgan fingerprint density at radius 1 is 1.04 bits per heavy atom. The minimum absolute atomic E-state index is 0.509. The van der Waals surface area contributed by atoms with Crippen molar-refractivity contribution in [2.75, 3.05) is 31.2 Å². The van der Waals surface area contributed by atoms with Crippen LogP contribution >= 0.6 is 15.9 Å². The molecule has 4 aromatic rings. The number of morpholine rings is 1. The van der Waals surface area contributed by atoms with Gasteiger partial charge in [-0.05, 0) is 40.2 Å². The van der Waals surface area contributed by atoms with Crippen molar-refractivity contribution in [3.63, 3.8) is 0 Å². The first-order chi connectivity index (χ1) is 13.8. The van der Waals surface area contributed by atoms with Crippen LogP contribution in [0, 0.1) is 0 Å². The summed E-state index contributed by atoms with van der Waals surface area (Å²) in [5.74, 6) is 1.31. The Kier molecular flexibility index (Phi) is 4.46. The van der Waals surface area contributed by atoms with Crippen LogP contribution in [0.15, 0.2) is 53.5 Å². The second kappa shape index (κ2) is 7.25. The highest BCUT2D eigenvalue weighted by Crippen LogP contribution is 2.26. The lowest BCUT2D eigenvalue weighted by atomic mass is 10.2. The molecule has 9 heteroatoms. The van der Waals surface area contributed by atoms with E-state index in [1.807, 2.05) is 30.5 Å². The van der Waals surface area contributed by atoms with E-state index < -0.39 is 0 Å². The van der Waals surface area contributed by atoms with Gasteiger partial charge in [0.25, 0.3) is 5.95 Å². The van der Waals surface area contributed by atoms with Crippen LogP contribution in [-0.4, -0.2) is 56.0 Å². The fourth-order valence-electron chi connectivity index (χ4n) is 3.18. The molecule has 8 nitrogen and oxygen atoms in total. The number of ether oxygens (including phenoxy) is 1. The number of aromatic nitrogens is 6.